The van der Waals surface area contributed by atoms with E-state index in [1.807, 2.05) is 11.8 Å². The topological polar surface area (TPSA) is 41.6 Å². The highest BCUT2D eigenvalue weighted by Crippen LogP contribution is 2.08. The molecule has 0 amide bonds. The molecule has 0 saturated carbocycles. The van der Waals surface area contributed by atoms with Gasteiger partial charge in [0.1, 0.15) is 4.83 Å². The number of alkyl halides is 1. The number of carbonyl (C=O) groups is 1. The minimum Gasteiger partial charge on any atom is -0.468 e. The Morgan fingerprint density at radius 1 is 1.56 bits per heavy atom. The molecule has 1 fully saturated rings. The van der Waals surface area contributed by atoms with Crippen LogP contribution >= 0.6 is 27.7 Å². The molecular formula is C10H19BrN2O2S. The molecule has 16 heavy (non-hydrogen) atoms. The second-order valence-corrected chi connectivity index (χ2v) is 5.98. The number of rotatable bonds is 6. The Balaban J connectivity index is 2.00. The highest BCUT2D eigenvalue weighted by atomic mass is 79.9. The van der Waals surface area contributed by atoms with Gasteiger partial charge < -0.3 is 15.0 Å². The second-order valence-electron chi connectivity index (χ2n) is 3.65. The van der Waals surface area contributed by atoms with E-state index in [4.69, 9.17) is 0 Å². The molecule has 1 saturated heterocycles. The van der Waals surface area contributed by atoms with Crippen molar-refractivity contribution >= 4 is 33.7 Å². The van der Waals surface area contributed by atoms with Crippen LogP contribution in [0.15, 0.2) is 0 Å². The zero-order chi connectivity index (χ0) is 11.8. The zero-order valence-corrected chi connectivity index (χ0v) is 12.0. The second kappa shape index (κ2) is 8.33. The summed E-state index contributed by atoms with van der Waals surface area (Å²) in [5.74, 6) is 2.26. The van der Waals surface area contributed by atoms with E-state index in [9.17, 15) is 4.79 Å². The van der Waals surface area contributed by atoms with E-state index in [1.165, 1.54) is 31.7 Å². The van der Waals surface area contributed by atoms with Crippen molar-refractivity contribution in [3.63, 3.8) is 0 Å². The van der Waals surface area contributed by atoms with E-state index in [1.54, 1.807) is 0 Å². The first kappa shape index (κ1) is 14.3. The third kappa shape index (κ3) is 5.52. The van der Waals surface area contributed by atoms with E-state index >= 15 is 0 Å². The fraction of sp³-hybridized carbons (Fsp3) is 0.900. The van der Waals surface area contributed by atoms with Crippen molar-refractivity contribution in [1.82, 2.24) is 10.2 Å². The van der Waals surface area contributed by atoms with Crippen molar-refractivity contribution in [3.8, 4) is 0 Å². The van der Waals surface area contributed by atoms with Gasteiger partial charge in [0, 0.05) is 44.2 Å². The third-order valence-electron chi connectivity index (χ3n) is 2.49. The molecule has 0 bridgehead atoms. The summed E-state index contributed by atoms with van der Waals surface area (Å²) in [7, 11) is 1.40. The molecule has 4 nitrogen and oxygen atoms in total. The molecule has 0 aromatic rings. The molecule has 1 aliphatic heterocycles. The van der Waals surface area contributed by atoms with Crippen molar-refractivity contribution in [2.24, 2.45) is 0 Å². The van der Waals surface area contributed by atoms with Crippen molar-refractivity contribution in [2.45, 2.75) is 4.83 Å². The number of carbonyl (C=O) groups excluding carboxylic acids is 1. The van der Waals surface area contributed by atoms with Crippen LogP contribution in [0.1, 0.15) is 0 Å². The molecule has 94 valence electrons. The lowest BCUT2D eigenvalue weighted by Gasteiger charge is -2.26. The van der Waals surface area contributed by atoms with Crippen LogP contribution in [0.25, 0.3) is 0 Å². The Kier molecular flexibility index (Phi) is 7.44. The maximum atomic E-state index is 11.1. The maximum Gasteiger partial charge on any atom is 0.320 e. The average Bonchev–Trinajstić information content (AvgIpc) is 2.34. The van der Waals surface area contributed by atoms with Crippen LogP contribution in [0.2, 0.25) is 0 Å². The van der Waals surface area contributed by atoms with Crippen molar-refractivity contribution < 1.29 is 9.53 Å². The Morgan fingerprint density at radius 3 is 2.88 bits per heavy atom. The van der Waals surface area contributed by atoms with Gasteiger partial charge in [0.2, 0.25) is 0 Å². The summed E-state index contributed by atoms with van der Waals surface area (Å²) >= 11 is 5.29. The summed E-state index contributed by atoms with van der Waals surface area (Å²) in [6, 6.07) is 0. The van der Waals surface area contributed by atoms with Crippen LogP contribution in [-0.2, 0) is 9.53 Å². The van der Waals surface area contributed by atoms with Gasteiger partial charge in [-0.2, -0.15) is 11.8 Å². The lowest BCUT2D eigenvalue weighted by Crippen LogP contribution is -2.39. The van der Waals surface area contributed by atoms with E-state index in [0.717, 1.165) is 13.1 Å². The number of esters is 1. The molecule has 0 aliphatic carbocycles. The summed E-state index contributed by atoms with van der Waals surface area (Å²) in [4.78, 5) is 13.3. The molecular weight excluding hydrogens is 292 g/mol. The van der Waals surface area contributed by atoms with Gasteiger partial charge in [-0.1, -0.05) is 15.9 Å². The average molecular weight is 311 g/mol. The number of hydrogen-bond donors (Lipinski definition) is 1. The summed E-state index contributed by atoms with van der Waals surface area (Å²) in [6.07, 6.45) is 0. The zero-order valence-electron chi connectivity index (χ0n) is 9.58. The number of methoxy groups -OCH3 is 1. The first-order valence-electron chi connectivity index (χ1n) is 5.46. The van der Waals surface area contributed by atoms with Gasteiger partial charge in [-0.15, -0.1) is 0 Å². The standard InChI is InChI=1S/C10H19BrN2O2S/c1-15-10(14)9(11)8-12-2-3-13-4-6-16-7-5-13/h9,12H,2-8H2,1H3. The van der Waals surface area contributed by atoms with Crippen molar-refractivity contribution in [1.29, 1.82) is 0 Å². The molecule has 1 atom stereocenters. The SMILES string of the molecule is COC(=O)C(Br)CNCCN1CCSCC1. The minimum absolute atomic E-state index is 0.220. The van der Waals surface area contributed by atoms with Crippen LogP contribution in [0.3, 0.4) is 0 Å². The van der Waals surface area contributed by atoms with Gasteiger partial charge in [-0.05, 0) is 0 Å². The van der Waals surface area contributed by atoms with Gasteiger partial charge in [-0.3, -0.25) is 4.79 Å². The Hall–Kier alpha value is 0.220. The van der Waals surface area contributed by atoms with Crippen molar-refractivity contribution in [3.05, 3.63) is 0 Å². The largest absolute Gasteiger partial charge is 0.468 e. The smallest absolute Gasteiger partial charge is 0.320 e. The van der Waals surface area contributed by atoms with Gasteiger partial charge in [0.15, 0.2) is 0 Å². The molecule has 0 spiro atoms. The van der Waals surface area contributed by atoms with Gasteiger partial charge in [-0.25, -0.2) is 0 Å². The quantitative estimate of drug-likeness (QED) is 0.441. The van der Waals surface area contributed by atoms with E-state index < -0.39 is 0 Å². The number of thioether (sulfide) groups is 1. The number of halogens is 1. The van der Waals surface area contributed by atoms with Gasteiger partial charge in [0.05, 0.1) is 7.11 Å². The van der Waals surface area contributed by atoms with Gasteiger partial charge >= 0.3 is 5.97 Å². The Morgan fingerprint density at radius 2 is 2.25 bits per heavy atom. The molecule has 1 rings (SSSR count). The van der Waals surface area contributed by atoms with Crippen LogP contribution in [0.5, 0.6) is 0 Å². The molecule has 1 heterocycles. The van der Waals surface area contributed by atoms with Crippen LogP contribution in [-0.4, -0.2) is 67.0 Å². The lowest BCUT2D eigenvalue weighted by molar-refractivity contribution is -0.139. The minimum atomic E-state index is -0.241. The molecule has 6 heteroatoms. The number of nitrogens with one attached hydrogen (secondary N) is 1. The molecule has 1 unspecified atom stereocenters. The van der Waals surface area contributed by atoms with Crippen LogP contribution < -0.4 is 5.32 Å². The molecule has 0 radical (unpaired) electrons. The summed E-state index contributed by atoms with van der Waals surface area (Å²) in [5, 5.41) is 3.25. The van der Waals surface area contributed by atoms with Crippen LogP contribution in [0.4, 0.5) is 0 Å². The number of nitrogens with zero attached hydrogens (tertiary/aromatic N) is 1. The Labute approximate surface area is 110 Å². The lowest BCUT2D eigenvalue weighted by atomic mass is 10.4. The molecule has 1 aliphatic rings. The molecule has 0 aromatic heterocycles. The fourth-order valence-corrected chi connectivity index (χ4v) is 2.90. The van der Waals surface area contributed by atoms with Gasteiger partial charge in [0.25, 0.3) is 0 Å². The molecule has 1 N–H and O–H groups in total. The normalized spacial score (nSPS) is 19.4. The predicted molar refractivity (Wildman–Crippen MR) is 71.4 cm³/mol. The first-order chi connectivity index (χ1) is 7.74. The number of hydrogen-bond acceptors (Lipinski definition) is 5. The molecule has 0 aromatic carbocycles. The monoisotopic (exact) mass is 310 g/mol. The highest BCUT2D eigenvalue weighted by Gasteiger charge is 2.14. The Bertz CT molecular complexity index is 213. The summed E-state index contributed by atoms with van der Waals surface area (Å²) < 4.78 is 4.62. The predicted octanol–water partition coefficient (Wildman–Crippen LogP) is 0.561. The van der Waals surface area contributed by atoms with Crippen molar-refractivity contribution in [2.75, 3.05) is 51.3 Å². The van der Waals surface area contributed by atoms with E-state index in [-0.39, 0.29) is 10.8 Å². The fourth-order valence-electron chi connectivity index (χ4n) is 1.50. The van der Waals surface area contributed by atoms with E-state index in [2.05, 4.69) is 30.9 Å². The summed E-state index contributed by atoms with van der Waals surface area (Å²) in [5.41, 5.74) is 0. The van der Waals surface area contributed by atoms with Crippen LogP contribution in [0, 0.1) is 0 Å². The maximum absolute atomic E-state index is 11.1. The number of ether oxygens (including phenoxy) is 1. The highest BCUT2D eigenvalue weighted by molar-refractivity contribution is 9.10. The first-order valence-corrected chi connectivity index (χ1v) is 7.54. The third-order valence-corrected chi connectivity index (χ3v) is 4.13. The summed E-state index contributed by atoms with van der Waals surface area (Å²) in [6.45, 7) is 4.96. The van der Waals surface area contributed by atoms with E-state index in [0.29, 0.717) is 6.54 Å².